The zero-order valence-electron chi connectivity index (χ0n) is 69.6. The van der Waals surface area contributed by atoms with Crippen LogP contribution in [0, 0.1) is 3.57 Å². The quantitative estimate of drug-likeness (QED) is 0.0154. The van der Waals surface area contributed by atoms with Crippen molar-refractivity contribution in [2.45, 2.75) is 96.3 Å². The average molecular weight is 1950 g/mol. The maximum absolute atomic E-state index is 11.1. The summed E-state index contributed by atoms with van der Waals surface area (Å²) in [6.07, 6.45) is 14.2. The first-order valence-electron chi connectivity index (χ1n) is 41.0. The van der Waals surface area contributed by atoms with E-state index in [-0.39, 0.29) is 32.4 Å². The smallest absolute Gasteiger partial charge is 0.310 e. The van der Waals surface area contributed by atoms with E-state index in [9.17, 15) is 9.59 Å². The van der Waals surface area contributed by atoms with Gasteiger partial charge in [-0.1, -0.05) is 413 Å². The molecule has 0 aliphatic carbocycles. The van der Waals surface area contributed by atoms with E-state index in [4.69, 9.17) is 0 Å². The van der Waals surface area contributed by atoms with Crippen molar-refractivity contribution in [3.63, 3.8) is 0 Å². The summed E-state index contributed by atoms with van der Waals surface area (Å²) >= 11 is 0.425. The van der Waals surface area contributed by atoms with Gasteiger partial charge in [0.15, 0.2) is 0 Å². The molecule has 4 nitrogen and oxygen atoms in total. The molecule has 0 heterocycles. The van der Waals surface area contributed by atoms with Gasteiger partial charge in [0.25, 0.3) is 0 Å². The molecule has 0 unspecified atom stereocenters. The molecule has 0 spiro atoms. The maximum atomic E-state index is 11.1. The van der Waals surface area contributed by atoms with Gasteiger partial charge in [0.2, 0.25) is 0 Å². The Kier molecular flexibility index (Phi) is 47.8. The molecule has 14 rings (SSSR count). The molecule has 0 saturated heterocycles. The molecule has 0 saturated carbocycles. The normalized spacial score (nSPS) is 10.4. The Morgan fingerprint density at radius 3 is 0.655 bits per heavy atom. The molecule has 11 heteroatoms. The summed E-state index contributed by atoms with van der Waals surface area (Å²) in [6.45, 7) is 14.7. The third kappa shape index (κ3) is 34.5. The Labute approximate surface area is 749 Å². The van der Waals surface area contributed by atoms with Crippen molar-refractivity contribution in [3.8, 4) is 0 Å². The van der Waals surface area contributed by atoms with Crippen molar-refractivity contribution in [2.75, 3.05) is 14.2 Å². The van der Waals surface area contributed by atoms with Crippen LogP contribution in [0.2, 0.25) is 17.7 Å². The zero-order valence-corrected chi connectivity index (χ0v) is 79.8. The molecule has 0 atom stereocenters. The van der Waals surface area contributed by atoms with E-state index in [0.29, 0.717) is 12.8 Å². The minimum absolute atomic E-state index is 0. The zero-order chi connectivity index (χ0) is 83.3. The van der Waals surface area contributed by atoms with E-state index in [2.05, 4.69) is 436 Å². The number of allylic oxidation sites excluding steroid dienone is 2. The minimum Gasteiger partial charge on any atom is -0.469 e. The molecule has 0 aromatic heterocycles. The van der Waals surface area contributed by atoms with Crippen LogP contribution in [0.25, 0.3) is 0 Å². The molecule has 119 heavy (non-hydrogen) atoms. The molecule has 0 aliphatic heterocycles. The Morgan fingerprint density at radius 1 is 0.286 bits per heavy atom. The number of rotatable bonds is 29. The van der Waals surface area contributed by atoms with Gasteiger partial charge in [-0.25, -0.2) is 0 Å². The van der Waals surface area contributed by atoms with Crippen LogP contribution in [-0.4, -0.2) is 44.5 Å². The molecule has 612 valence electrons. The average Bonchev–Trinajstić information content (AvgIpc) is 0.832. The van der Waals surface area contributed by atoms with E-state index in [1.165, 1.54) is 121 Å². The van der Waals surface area contributed by atoms with Crippen molar-refractivity contribution in [3.05, 3.63) is 458 Å². The summed E-state index contributed by atoms with van der Waals surface area (Å²) in [7, 11) is 1.02. The van der Waals surface area contributed by atoms with Gasteiger partial charge in [-0.3, -0.25) is 9.59 Å². The van der Waals surface area contributed by atoms with Gasteiger partial charge in [-0.05, 0) is 147 Å². The summed E-state index contributed by atoms with van der Waals surface area (Å²) in [5, 5.41) is 16.8. The van der Waals surface area contributed by atoms with Crippen LogP contribution < -0.4 is 63.7 Å². The first kappa shape index (κ1) is 97.5. The number of hydrogen-bond donors (Lipinski definition) is 0. The summed E-state index contributed by atoms with van der Waals surface area (Å²) < 4.78 is 16.6. The van der Waals surface area contributed by atoms with Crippen LogP contribution in [0.1, 0.15) is 76.0 Å². The predicted octanol–water partition coefficient (Wildman–Crippen LogP) is 23.9. The Morgan fingerprint density at radius 2 is 0.471 bits per heavy atom. The van der Waals surface area contributed by atoms with Crippen LogP contribution >= 0.6 is 54.3 Å². The number of carbonyl (C=O) groups is 2. The second kappa shape index (κ2) is 58.4. The summed E-state index contributed by atoms with van der Waals surface area (Å²) in [5.41, 5.74) is 3.16. The van der Waals surface area contributed by atoms with Crippen molar-refractivity contribution in [1.82, 2.24) is 0 Å². The summed E-state index contributed by atoms with van der Waals surface area (Å²) in [4.78, 5) is 22.0. The molecule has 14 aromatic rings. The van der Waals surface area contributed by atoms with Crippen LogP contribution in [0.3, 0.4) is 0 Å². The SMILES string of the molecule is C=CCc1ccccc1CC(=O)OC.C=C[CH2][Sn]([CH2]CCC)([CH2]CCC)[CH2]CCC.COC(=O)Cc1ccccc1I.[Pd].c1ccc(P(c2ccccc2)c2ccccc2)cc1.c1ccc(P(c2ccccc2)c2ccccc2)cc1.c1ccc(P(c2ccccc2)c2ccccc2)cc1.c1ccc(P(c2ccccc2)c2ccccc2)cc1. The largest absolute Gasteiger partial charge is 0.469 e. The van der Waals surface area contributed by atoms with Crippen LogP contribution in [0.15, 0.2) is 438 Å². The molecule has 0 amide bonds. The molecule has 0 radical (unpaired) electrons. The van der Waals surface area contributed by atoms with Gasteiger partial charge in [0.05, 0.1) is 27.1 Å². The second-order valence-electron chi connectivity index (χ2n) is 28.0. The number of hydrogen-bond acceptors (Lipinski definition) is 4. The molecule has 0 N–H and O–H groups in total. The van der Waals surface area contributed by atoms with Gasteiger partial charge in [-0.2, -0.15) is 0 Å². The van der Waals surface area contributed by atoms with E-state index in [0.717, 1.165) is 26.7 Å². The first-order chi connectivity index (χ1) is 58.1. The number of methoxy groups -OCH3 is 2. The monoisotopic (exact) mass is 1950 g/mol. The predicted molar refractivity (Wildman–Crippen MR) is 531 cm³/mol. The fourth-order valence-corrected chi connectivity index (χ4v) is 38.4. The fraction of sp³-hybridized carbons (Fsp3) is 0.167. The summed E-state index contributed by atoms with van der Waals surface area (Å²) in [6, 6.07) is 145. The second-order valence-corrected chi connectivity index (χ2v) is 52.1. The van der Waals surface area contributed by atoms with E-state index in [1.807, 2.05) is 54.6 Å². The Balaban J connectivity index is 0.000000192. The van der Waals surface area contributed by atoms with E-state index < -0.39 is 50.1 Å². The number of halogens is 1. The molecule has 0 fully saturated rings. The fourth-order valence-electron chi connectivity index (χ4n) is 13.5. The van der Waals surface area contributed by atoms with E-state index >= 15 is 0 Å². The van der Waals surface area contributed by atoms with Gasteiger partial charge in [0, 0.05) is 24.0 Å². The molecular weight excluding hydrogens is 1840 g/mol. The molecule has 0 bridgehead atoms. The van der Waals surface area contributed by atoms with Gasteiger partial charge in [-0.15, -0.1) is 6.58 Å². The molecular formula is C108H115IO4P4PdSn. The number of carbonyl (C=O) groups excluding carboxylic acids is 2. The van der Waals surface area contributed by atoms with Crippen LogP contribution in [0.5, 0.6) is 0 Å². The molecule has 0 aliphatic rings. The number of benzene rings is 14. The third-order valence-corrected chi connectivity index (χ3v) is 45.7. The number of unbranched alkanes of at least 4 members (excludes halogenated alkanes) is 3. The number of esters is 2. The topological polar surface area (TPSA) is 52.6 Å². The Hall–Kier alpha value is -8.59. The summed E-state index contributed by atoms with van der Waals surface area (Å²) in [5.74, 6) is -0.402. The van der Waals surface area contributed by atoms with Crippen LogP contribution in [-0.2, 0) is 58.7 Å². The maximum Gasteiger partial charge on any atom is 0.310 e. The van der Waals surface area contributed by atoms with Gasteiger partial charge < -0.3 is 9.47 Å². The standard InChI is InChI=1S/4C18H15P.C12H14O2.C9H9IO2.3C4H9.C3H5.Pd.Sn/c4*1-4-10-16(11-5-1)19(17-12-6-2-7-13-17)18-14-8-3-9-15-18;1-3-6-10-7-4-5-8-11(10)9-12(13)14-2;1-12-9(11)6-7-4-2-3-5-8(7)10;3*1-3-4-2;1-3-2;;/h4*1-15H;3-5,7-8H,1,6,9H2,2H3;2-5H,6H2,1H3;3*1,3-4H2,2H3;3H,1-2H2;;. The van der Waals surface area contributed by atoms with Gasteiger partial charge in [0.1, 0.15) is 0 Å². The first-order valence-corrected chi connectivity index (χ1v) is 55.5. The van der Waals surface area contributed by atoms with E-state index in [1.54, 1.807) is 13.3 Å². The molecule has 14 aromatic carbocycles. The van der Waals surface area contributed by atoms with Crippen molar-refractivity contribution < 1.29 is 39.5 Å². The van der Waals surface area contributed by atoms with Crippen molar-refractivity contribution in [1.29, 1.82) is 0 Å². The van der Waals surface area contributed by atoms with Crippen LogP contribution in [0.4, 0.5) is 0 Å². The van der Waals surface area contributed by atoms with Crippen molar-refractivity contribution in [2.24, 2.45) is 0 Å². The van der Waals surface area contributed by atoms with Gasteiger partial charge >= 0.3 is 120 Å². The van der Waals surface area contributed by atoms with Crippen molar-refractivity contribution >= 4 is 148 Å². The number of ether oxygens (including phenoxy) is 2. The third-order valence-electron chi connectivity index (χ3n) is 19.5. The Bertz CT molecular complexity index is 4130. The minimum atomic E-state index is -1.78.